The molecule has 0 rings (SSSR count). The van der Waals surface area contributed by atoms with Gasteiger partial charge < -0.3 is 0 Å². The fourth-order valence-electron chi connectivity index (χ4n) is 0. The van der Waals surface area contributed by atoms with E-state index in [0.717, 1.165) is 0 Å². The molecule has 0 heterocycles. The van der Waals surface area contributed by atoms with Gasteiger partial charge in [0.1, 0.15) is 0 Å². The summed E-state index contributed by atoms with van der Waals surface area (Å²) in [7, 11) is 0. The van der Waals surface area contributed by atoms with Crippen LogP contribution in [0.2, 0.25) is 0 Å². The minimum absolute atomic E-state index is 0. The number of hydrogen-bond acceptors (Lipinski definition) is 4. The Bertz CT molecular complexity index is 33.0. The van der Waals surface area contributed by atoms with Crippen LogP contribution in [0.15, 0.2) is 0 Å². The van der Waals surface area contributed by atoms with Gasteiger partial charge in [-0.05, 0) is 0 Å². The fraction of sp³-hybridized carbons (Fsp3) is 0. The van der Waals surface area contributed by atoms with Crippen molar-refractivity contribution >= 4 is 0 Å². The van der Waals surface area contributed by atoms with Crippen LogP contribution in [-0.4, -0.2) is 0 Å². The number of rotatable bonds is 0. The quantitative estimate of drug-likeness (QED) is 0.381. The van der Waals surface area contributed by atoms with Crippen molar-refractivity contribution in [3.63, 3.8) is 0 Å². The Kier molecular flexibility index (Phi) is 94.5. The molecule has 0 radical (unpaired) electrons. The first kappa shape index (κ1) is 22.4. The van der Waals surface area contributed by atoms with Crippen LogP contribution in [-0.2, 0) is 38.1 Å². The van der Waals surface area contributed by atoms with E-state index in [1.165, 1.54) is 0 Å². The van der Waals surface area contributed by atoms with E-state index in [-0.39, 0.29) is 59.1 Å². The molecule has 0 amide bonds. The first-order valence-electron chi connectivity index (χ1n) is 0.577. The molecule has 0 aliphatic rings. The van der Waals surface area contributed by atoms with Gasteiger partial charge >= 0.3 is 106 Å². The molecule has 0 fully saturated rings. The van der Waals surface area contributed by atoms with Crippen molar-refractivity contribution < 1.29 is 106 Å². The molecule has 0 aromatic heterocycles. The van der Waals surface area contributed by atoms with Gasteiger partial charge in [-0.3, -0.25) is 0 Å². The molecule has 42 valence electrons. The SMILES string of the molecule is [Na+].[Na+].[O]=[Fe][O-].[O]=[Fe][O-]. The van der Waals surface area contributed by atoms with Gasteiger partial charge in [-0.15, -0.1) is 0 Å². The Labute approximate surface area is 104 Å². The second-order valence-corrected chi connectivity index (χ2v) is 0.486. The van der Waals surface area contributed by atoms with Gasteiger partial charge in [0.05, 0.1) is 0 Å². The zero-order valence-electron chi connectivity index (χ0n) is 4.34. The summed E-state index contributed by atoms with van der Waals surface area (Å²) in [5, 5.41) is 0. The van der Waals surface area contributed by atoms with Crippen molar-refractivity contribution in [1.29, 1.82) is 0 Å². The topological polar surface area (TPSA) is 80.3 Å². The molecule has 0 atom stereocenters. The summed E-state index contributed by atoms with van der Waals surface area (Å²) in [5.41, 5.74) is 0. The summed E-state index contributed by atoms with van der Waals surface area (Å²) >= 11 is -2.50. The predicted octanol–water partition coefficient (Wildman–Crippen LogP) is -8.61. The molecular formula is Fe2Na2O4. The van der Waals surface area contributed by atoms with Gasteiger partial charge in [0.2, 0.25) is 0 Å². The summed E-state index contributed by atoms with van der Waals surface area (Å²) in [6, 6.07) is 0. The van der Waals surface area contributed by atoms with Gasteiger partial charge in [0, 0.05) is 0 Å². The molecule has 0 saturated carbocycles. The maximum absolute atomic E-state index is 8.38. The average Bonchev–Trinajstić information content (AvgIpc) is 1.39. The molecule has 0 spiro atoms. The van der Waals surface area contributed by atoms with E-state index in [4.69, 9.17) is 16.0 Å². The normalized spacial score (nSPS) is 4.25. The minimum atomic E-state index is -1.25. The standard InChI is InChI=1S/2Fe.2Na.4O/q;;2*+1;;;2*-1. The Balaban J connectivity index is -0.0000000160. The molecule has 0 aromatic carbocycles. The second kappa shape index (κ2) is 33.7. The molecule has 8 heteroatoms. The zero-order valence-corrected chi connectivity index (χ0v) is 10.5. The van der Waals surface area contributed by atoms with Crippen LogP contribution in [0.1, 0.15) is 0 Å². The van der Waals surface area contributed by atoms with Gasteiger partial charge in [0.25, 0.3) is 0 Å². The molecular weight excluding hydrogens is 222 g/mol. The van der Waals surface area contributed by atoms with Crippen molar-refractivity contribution in [2.24, 2.45) is 0 Å². The molecule has 0 aliphatic carbocycles. The van der Waals surface area contributed by atoms with Crippen LogP contribution in [0.3, 0.4) is 0 Å². The summed E-state index contributed by atoms with van der Waals surface area (Å²) in [5.74, 6) is 0. The Hall–Kier alpha value is 2.56. The summed E-state index contributed by atoms with van der Waals surface area (Å²) in [6.45, 7) is 0. The maximum atomic E-state index is 8.38. The van der Waals surface area contributed by atoms with E-state index in [0.29, 0.717) is 0 Å². The van der Waals surface area contributed by atoms with Gasteiger partial charge in [0.15, 0.2) is 0 Å². The Morgan fingerprint density at radius 1 is 0.875 bits per heavy atom. The molecule has 0 bridgehead atoms. The molecule has 8 heavy (non-hydrogen) atoms. The Morgan fingerprint density at radius 2 is 0.875 bits per heavy atom. The fourth-order valence-corrected chi connectivity index (χ4v) is 0. The summed E-state index contributed by atoms with van der Waals surface area (Å²) in [4.78, 5) is 0. The van der Waals surface area contributed by atoms with Crippen LogP contribution >= 0.6 is 0 Å². The first-order valence-corrected chi connectivity index (χ1v) is 2.38. The van der Waals surface area contributed by atoms with Crippen LogP contribution in [0.25, 0.3) is 0 Å². The molecule has 0 N–H and O–H groups in total. The van der Waals surface area contributed by atoms with Gasteiger partial charge in [-0.25, -0.2) is 0 Å². The monoisotopic (exact) mass is 222 g/mol. The van der Waals surface area contributed by atoms with Crippen LogP contribution in [0.5, 0.6) is 0 Å². The van der Waals surface area contributed by atoms with Crippen molar-refractivity contribution in [2.75, 3.05) is 0 Å². The zero-order chi connectivity index (χ0) is 5.41. The van der Waals surface area contributed by atoms with E-state index in [2.05, 4.69) is 0 Å². The van der Waals surface area contributed by atoms with Gasteiger partial charge in [-0.1, -0.05) is 0 Å². The van der Waals surface area contributed by atoms with E-state index >= 15 is 0 Å². The van der Waals surface area contributed by atoms with Crippen LogP contribution in [0, 0.1) is 0 Å². The third-order valence-corrected chi connectivity index (χ3v) is 0. The van der Waals surface area contributed by atoms with Gasteiger partial charge in [-0.2, -0.15) is 0 Å². The molecule has 0 saturated heterocycles. The number of hydrogen-bond donors (Lipinski definition) is 0. The van der Waals surface area contributed by atoms with E-state index in [1.807, 2.05) is 0 Å². The van der Waals surface area contributed by atoms with Crippen molar-refractivity contribution in [2.45, 2.75) is 0 Å². The third-order valence-electron chi connectivity index (χ3n) is 0. The van der Waals surface area contributed by atoms with Crippen molar-refractivity contribution in [3.05, 3.63) is 0 Å². The van der Waals surface area contributed by atoms with Crippen molar-refractivity contribution in [3.8, 4) is 0 Å². The summed E-state index contributed by atoms with van der Waals surface area (Å²) in [6.07, 6.45) is 0. The van der Waals surface area contributed by atoms with Crippen LogP contribution < -0.4 is 67.5 Å². The van der Waals surface area contributed by atoms with E-state index < -0.39 is 30.4 Å². The third kappa shape index (κ3) is 74.7. The summed E-state index contributed by atoms with van der Waals surface area (Å²) < 4.78 is 33.5. The molecule has 0 aromatic rings. The van der Waals surface area contributed by atoms with Crippen LogP contribution in [0.4, 0.5) is 0 Å². The Morgan fingerprint density at radius 3 is 0.875 bits per heavy atom. The molecule has 4 nitrogen and oxygen atoms in total. The van der Waals surface area contributed by atoms with E-state index in [1.54, 1.807) is 0 Å². The second-order valence-electron chi connectivity index (χ2n) is 0.118. The van der Waals surface area contributed by atoms with E-state index in [9.17, 15) is 0 Å². The molecule has 0 aliphatic heterocycles. The molecule has 0 unspecified atom stereocenters. The predicted molar refractivity (Wildman–Crippen MR) is 1.37 cm³/mol. The van der Waals surface area contributed by atoms with Crippen molar-refractivity contribution in [1.82, 2.24) is 0 Å². The first-order chi connectivity index (χ1) is 2.83. The average molecular weight is 222 g/mol.